The first kappa shape index (κ1) is 12.4. The van der Waals surface area contributed by atoms with Crippen molar-refractivity contribution in [3.8, 4) is 0 Å². The van der Waals surface area contributed by atoms with Crippen LogP contribution in [0.4, 0.5) is 0 Å². The van der Waals surface area contributed by atoms with Crippen LogP contribution in [0.2, 0.25) is 18.1 Å². The minimum Gasteiger partial charge on any atom is -0.409 e. The molecule has 0 aliphatic carbocycles. The minimum atomic E-state index is -1.67. The predicted molar refractivity (Wildman–Crippen MR) is 63.0 cm³/mol. The highest BCUT2D eigenvalue weighted by atomic mass is 28.4. The average Bonchev–Trinajstić information content (AvgIpc) is 2.46. The Balaban J connectivity index is 2.61. The van der Waals surface area contributed by atoms with Crippen LogP contribution in [0.5, 0.6) is 0 Å². The molecule has 0 unspecified atom stereocenters. The molecule has 0 fully saturated rings. The van der Waals surface area contributed by atoms with E-state index < -0.39 is 8.32 Å². The number of hydrogen-bond acceptors (Lipinski definition) is 3. The third-order valence-corrected chi connectivity index (χ3v) is 7.65. The van der Waals surface area contributed by atoms with Crippen LogP contribution in [0.15, 0.2) is 6.33 Å². The highest BCUT2D eigenvalue weighted by molar-refractivity contribution is 6.74. The molecule has 5 heteroatoms. The summed E-state index contributed by atoms with van der Waals surface area (Å²) in [7, 11) is 0.270. The number of nitrogens with zero attached hydrogens (tertiary/aromatic N) is 3. The lowest BCUT2D eigenvalue weighted by molar-refractivity contribution is 0.263. The second-order valence-electron chi connectivity index (χ2n) is 5.41. The zero-order valence-corrected chi connectivity index (χ0v) is 11.5. The lowest BCUT2D eigenvalue weighted by Crippen LogP contribution is -2.40. The lowest BCUT2D eigenvalue weighted by atomic mass is 10.2. The molecule has 4 nitrogen and oxygen atoms in total. The fourth-order valence-electron chi connectivity index (χ4n) is 0.899. The average molecular weight is 227 g/mol. The molecule has 1 heterocycles. The largest absolute Gasteiger partial charge is 0.409 e. The van der Waals surface area contributed by atoms with Gasteiger partial charge in [0.1, 0.15) is 6.33 Å². The van der Waals surface area contributed by atoms with Gasteiger partial charge in [-0.15, -0.1) is 10.2 Å². The quantitative estimate of drug-likeness (QED) is 0.744. The third-order valence-electron chi connectivity index (χ3n) is 3.17. The van der Waals surface area contributed by atoms with Gasteiger partial charge in [-0.2, -0.15) is 0 Å². The summed E-state index contributed by atoms with van der Waals surface area (Å²) in [5.41, 5.74) is 0. The van der Waals surface area contributed by atoms with Crippen molar-refractivity contribution in [3.63, 3.8) is 0 Å². The van der Waals surface area contributed by atoms with Crippen LogP contribution < -0.4 is 0 Å². The highest BCUT2D eigenvalue weighted by Gasteiger charge is 2.37. The molecular weight excluding hydrogens is 206 g/mol. The second kappa shape index (κ2) is 4.06. The SMILES string of the molecule is Cn1cnnc1CO[Si](C)(C)C(C)(C)C. The van der Waals surface area contributed by atoms with Crippen molar-refractivity contribution in [2.24, 2.45) is 7.05 Å². The molecule has 0 aliphatic rings. The zero-order chi connectivity index (χ0) is 11.7. The fraction of sp³-hybridized carbons (Fsp3) is 0.800. The van der Waals surface area contributed by atoms with Crippen molar-refractivity contribution in [2.45, 2.75) is 45.5 Å². The Morgan fingerprint density at radius 1 is 1.40 bits per heavy atom. The van der Waals surface area contributed by atoms with Crippen molar-refractivity contribution >= 4 is 8.32 Å². The summed E-state index contributed by atoms with van der Waals surface area (Å²) in [6.07, 6.45) is 1.70. The van der Waals surface area contributed by atoms with Gasteiger partial charge in [-0.3, -0.25) is 0 Å². The lowest BCUT2D eigenvalue weighted by Gasteiger charge is -2.35. The fourth-order valence-corrected chi connectivity index (χ4v) is 1.82. The smallest absolute Gasteiger partial charge is 0.192 e. The highest BCUT2D eigenvalue weighted by Crippen LogP contribution is 2.36. The van der Waals surface area contributed by atoms with Gasteiger partial charge in [0.2, 0.25) is 0 Å². The van der Waals surface area contributed by atoms with E-state index in [2.05, 4.69) is 44.1 Å². The Labute approximate surface area is 92.8 Å². The van der Waals surface area contributed by atoms with Gasteiger partial charge in [-0.1, -0.05) is 20.8 Å². The number of hydrogen-bond donors (Lipinski definition) is 0. The Morgan fingerprint density at radius 2 is 2.00 bits per heavy atom. The molecule has 0 saturated heterocycles. The van der Waals surface area contributed by atoms with Crippen LogP contribution in [0.3, 0.4) is 0 Å². The molecule has 0 saturated carbocycles. The van der Waals surface area contributed by atoms with Gasteiger partial charge >= 0.3 is 0 Å². The minimum absolute atomic E-state index is 0.242. The van der Waals surface area contributed by atoms with E-state index in [1.807, 2.05) is 11.6 Å². The first-order chi connectivity index (χ1) is 6.74. The van der Waals surface area contributed by atoms with Crippen molar-refractivity contribution in [1.29, 1.82) is 0 Å². The van der Waals surface area contributed by atoms with Crippen LogP contribution in [0, 0.1) is 0 Å². The van der Waals surface area contributed by atoms with Crippen LogP contribution >= 0.6 is 0 Å². The molecule has 0 N–H and O–H groups in total. The molecule has 15 heavy (non-hydrogen) atoms. The maximum atomic E-state index is 6.03. The maximum absolute atomic E-state index is 6.03. The van der Waals surface area contributed by atoms with Crippen molar-refractivity contribution < 1.29 is 4.43 Å². The van der Waals surface area contributed by atoms with E-state index in [0.29, 0.717) is 6.61 Å². The van der Waals surface area contributed by atoms with Gasteiger partial charge in [0, 0.05) is 7.05 Å². The summed E-state index contributed by atoms with van der Waals surface area (Å²) in [5.74, 6) is 0.889. The van der Waals surface area contributed by atoms with Gasteiger partial charge in [0.25, 0.3) is 0 Å². The molecule has 0 aliphatic heterocycles. The van der Waals surface area contributed by atoms with E-state index >= 15 is 0 Å². The molecule has 0 radical (unpaired) electrons. The first-order valence-electron chi connectivity index (χ1n) is 5.21. The van der Waals surface area contributed by atoms with E-state index in [1.165, 1.54) is 0 Å². The molecule has 0 amide bonds. The second-order valence-corrected chi connectivity index (χ2v) is 10.2. The van der Waals surface area contributed by atoms with Gasteiger partial charge in [0.15, 0.2) is 14.1 Å². The molecule has 0 spiro atoms. The summed E-state index contributed by atoms with van der Waals surface area (Å²) in [4.78, 5) is 0. The summed E-state index contributed by atoms with van der Waals surface area (Å²) >= 11 is 0. The van der Waals surface area contributed by atoms with E-state index in [-0.39, 0.29) is 5.04 Å². The normalized spacial score (nSPS) is 13.2. The van der Waals surface area contributed by atoms with Crippen molar-refractivity contribution in [3.05, 3.63) is 12.2 Å². The van der Waals surface area contributed by atoms with Crippen LogP contribution in [0.1, 0.15) is 26.6 Å². The molecule has 1 aromatic heterocycles. The summed E-state index contributed by atoms with van der Waals surface area (Å²) in [6.45, 7) is 11.7. The monoisotopic (exact) mass is 227 g/mol. The molecule has 0 aromatic carbocycles. The van der Waals surface area contributed by atoms with E-state index in [9.17, 15) is 0 Å². The maximum Gasteiger partial charge on any atom is 0.192 e. The Hall–Kier alpha value is -0.683. The first-order valence-corrected chi connectivity index (χ1v) is 8.12. The summed E-state index contributed by atoms with van der Waals surface area (Å²) < 4.78 is 7.93. The number of aryl methyl sites for hydroxylation is 1. The van der Waals surface area contributed by atoms with Crippen LogP contribution in [-0.2, 0) is 18.1 Å². The molecule has 0 bridgehead atoms. The van der Waals surface area contributed by atoms with Crippen LogP contribution in [-0.4, -0.2) is 23.1 Å². The van der Waals surface area contributed by atoms with Crippen molar-refractivity contribution in [1.82, 2.24) is 14.8 Å². The number of rotatable bonds is 3. The van der Waals surface area contributed by atoms with Gasteiger partial charge in [0.05, 0.1) is 6.61 Å². The van der Waals surface area contributed by atoms with E-state index in [4.69, 9.17) is 4.43 Å². The molecular formula is C10H21N3OSi. The molecule has 1 rings (SSSR count). The van der Waals surface area contributed by atoms with Gasteiger partial charge in [-0.25, -0.2) is 0 Å². The zero-order valence-electron chi connectivity index (χ0n) is 10.5. The molecule has 86 valence electrons. The summed E-state index contributed by atoms with van der Waals surface area (Å²) in [5, 5.41) is 8.09. The topological polar surface area (TPSA) is 39.9 Å². The van der Waals surface area contributed by atoms with E-state index in [0.717, 1.165) is 5.82 Å². The van der Waals surface area contributed by atoms with Gasteiger partial charge < -0.3 is 8.99 Å². The predicted octanol–water partition coefficient (Wildman–Crippen LogP) is 2.34. The van der Waals surface area contributed by atoms with Crippen molar-refractivity contribution in [2.75, 3.05) is 0 Å². The standard InChI is InChI=1S/C10H21N3OSi/c1-10(2,3)15(5,6)14-7-9-12-11-8-13(9)4/h8H,7H2,1-6H3. The Morgan fingerprint density at radius 3 is 2.40 bits per heavy atom. The molecule has 1 aromatic rings. The molecule has 0 atom stereocenters. The number of aromatic nitrogens is 3. The van der Waals surface area contributed by atoms with Gasteiger partial charge in [-0.05, 0) is 18.1 Å². The van der Waals surface area contributed by atoms with E-state index in [1.54, 1.807) is 6.33 Å². The Bertz CT molecular complexity index is 328. The summed E-state index contributed by atoms with van der Waals surface area (Å²) in [6, 6.07) is 0. The third kappa shape index (κ3) is 2.88. The Kier molecular flexibility index (Phi) is 3.35. The van der Waals surface area contributed by atoms with Crippen LogP contribution in [0.25, 0.3) is 0 Å².